The number of hydrogen-bond donors (Lipinski definition) is 2. The summed E-state index contributed by atoms with van der Waals surface area (Å²) in [6.07, 6.45) is -0.576. The van der Waals surface area contributed by atoms with E-state index in [1.165, 1.54) is 4.90 Å². The molecule has 3 rings (SSSR count). The quantitative estimate of drug-likeness (QED) is 0.894. The molecule has 0 bridgehead atoms. The molecule has 23 heavy (non-hydrogen) atoms. The minimum Gasteiger partial charge on any atom is -0.391 e. The first kappa shape index (κ1) is 15.7. The van der Waals surface area contributed by atoms with Crippen molar-refractivity contribution in [3.05, 3.63) is 58.4 Å². The maximum absolute atomic E-state index is 14.1. The standard InChI is InChI=1S/C17H18F2N2O2/c1-9-5-10(2)20-16(9)17(23)21-8-12(22)7-15(21)13-6-11(18)3-4-14(13)19/h3-6,12,15,20,22H,7-8H2,1-2H3. The number of halogens is 2. The Labute approximate surface area is 132 Å². The first-order chi connectivity index (χ1) is 10.9. The van der Waals surface area contributed by atoms with Crippen LogP contribution >= 0.6 is 0 Å². The summed E-state index contributed by atoms with van der Waals surface area (Å²) in [4.78, 5) is 17.2. The van der Waals surface area contributed by atoms with Crippen LogP contribution in [-0.4, -0.2) is 33.5 Å². The maximum atomic E-state index is 14.1. The van der Waals surface area contributed by atoms with Crippen molar-refractivity contribution in [2.45, 2.75) is 32.4 Å². The van der Waals surface area contributed by atoms with E-state index >= 15 is 0 Å². The van der Waals surface area contributed by atoms with Gasteiger partial charge in [-0.15, -0.1) is 0 Å². The van der Waals surface area contributed by atoms with E-state index in [-0.39, 0.29) is 24.4 Å². The largest absolute Gasteiger partial charge is 0.391 e. The lowest BCUT2D eigenvalue weighted by Gasteiger charge is -2.25. The first-order valence-electron chi connectivity index (χ1n) is 7.47. The number of likely N-dealkylation sites (tertiary alicyclic amines) is 1. The fourth-order valence-electron chi connectivity index (χ4n) is 3.20. The number of amides is 1. The molecule has 2 N–H and O–H groups in total. The lowest BCUT2D eigenvalue weighted by Crippen LogP contribution is -2.32. The molecule has 1 aliphatic rings. The second-order valence-electron chi connectivity index (χ2n) is 6.04. The third-order valence-electron chi connectivity index (χ3n) is 4.22. The summed E-state index contributed by atoms with van der Waals surface area (Å²) in [5, 5.41) is 9.94. The fraction of sp³-hybridized carbons (Fsp3) is 0.353. The van der Waals surface area contributed by atoms with Gasteiger partial charge in [0.1, 0.15) is 17.3 Å². The molecule has 0 radical (unpaired) electrons. The molecule has 0 saturated carbocycles. The van der Waals surface area contributed by atoms with Crippen LogP contribution < -0.4 is 0 Å². The van der Waals surface area contributed by atoms with Gasteiger partial charge in [0.05, 0.1) is 12.1 Å². The average Bonchev–Trinajstić information content (AvgIpc) is 3.03. The number of nitrogens with one attached hydrogen (secondary N) is 1. The highest BCUT2D eigenvalue weighted by molar-refractivity contribution is 5.94. The van der Waals surface area contributed by atoms with E-state index in [1.807, 2.05) is 13.0 Å². The summed E-state index contributed by atoms with van der Waals surface area (Å²) in [5.41, 5.74) is 2.14. The molecule has 2 atom stereocenters. The zero-order valence-electron chi connectivity index (χ0n) is 12.9. The average molecular weight is 320 g/mol. The smallest absolute Gasteiger partial charge is 0.271 e. The number of carbonyl (C=O) groups excluding carboxylic acids is 1. The Morgan fingerprint density at radius 1 is 1.30 bits per heavy atom. The number of H-pyrrole nitrogens is 1. The van der Waals surface area contributed by atoms with Crippen molar-refractivity contribution in [3.8, 4) is 0 Å². The molecule has 0 spiro atoms. The number of carbonyl (C=O) groups is 1. The maximum Gasteiger partial charge on any atom is 0.271 e. The van der Waals surface area contributed by atoms with Gasteiger partial charge in [0, 0.05) is 17.8 Å². The molecule has 2 unspecified atom stereocenters. The third-order valence-corrected chi connectivity index (χ3v) is 4.22. The molecule has 1 amide bonds. The molecule has 0 aliphatic carbocycles. The van der Waals surface area contributed by atoms with Crippen molar-refractivity contribution in [1.82, 2.24) is 9.88 Å². The summed E-state index contributed by atoms with van der Waals surface area (Å²) in [6, 6.07) is 4.33. The van der Waals surface area contributed by atoms with Crippen molar-refractivity contribution >= 4 is 5.91 Å². The second kappa shape index (κ2) is 5.77. The number of aryl methyl sites for hydroxylation is 2. The first-order valence-corrected chi connectivity index (χ1v) is 7.47. The molecular weight excluding hydrogens is 302 g/mol. The Balaban J connectivity index is 1.98. The minimum atomic E-state index is -0.761. The number of rotatable bonds is 2. The predicted molar refractivity (Wildman–Crippen MR) is 81.0 cm³/mol. The van der Waals surface area contributed by atoms with Crippen LogP contribution in [-0.2, 0) is 0 Å². The number of β-amino-alcohol motifs (C(OH)–C–C–N with tert-alkyl or cyclic N) is 1. The molecule has 2 heterocycles. The summed E-state index contributed by atoms with van der Waals surface area (Å²) in [5.74, 6) is -1.47. The van der Waals surface area contributed by atoms with E-state index in [9.17, 15) is 18.7 Å². The summed E-state index contributed by atoms with van der Waals surface area (Å²) in [6.45, 7) is 3.74. The van der Waals surface area contributed by atoms with Gasteiger partial charge in [-0.2, -0.15) is 0 Å². The van der Waals surface area contributed by atoms with E-state index in [0.29, 0.717) is 5.69 Å². The number of aliphatic hydroxyl groups is 1. The van der Waals surface area contributed by atoms with Crippen LogP contribution in [0.3, 0.4) is 0 Å². The number of benzene rings is 1. The summed E-state index contributed by atoms with van der Waals surface area (Å²) >= 11 is 0. The number of aromatic nitrogens is 1. The second-order valence-corrected chi connectivity index (χ2v) is 6.04. The van der Waals surface area contributed by atoms with Gasteiger partial charge in [0.2, 0.25) is 0 Å². The van der Waals surface area contributed by atoms with E-state index in [4.69, 9.17) is 0 Å². The van der Waals surface area contributed by atoms with E-state index < -0.39 is 23.8 Å². The number of aliphatic hydroxyl groups excluding tert-OH is 1. The number of hydrogen-bond acceptors (Lipinski definition) is 2. The van der Waals surface area contributed by atoms with Gasteiger partial charge in [0.15, 0.2) is 0 Å². The van der Waals surface area contributed by atoms with Gasteiger partial charge in [-0.3, -0.25) is 4.79 Å². The van der Waals surface area contributed by atoms with Crippen LogP contribution in [0.15, 0.2) is 24.3 Å². The van der Waals surface area contributed by atoms with Crippen LogP contribution in [0.4, 0.5) is 8.78 Å². The van der Waals surface area contributed by atoms with Crippen LogP contribution in [0.2, 0.25) is 0 Å². The van der Waals surface area contributed by atoms with E-state index in [0.717, 1.165) is 29.5 Å². The Kier molecular flexibility index (Phi) is 3.93. The molecule has 1 saturated heterocycles. The van der Waals surface area contributed by atoms with E-state index in [2.05, 4.69) is 4.98 Å². The van der Waals surface area contributed by atoms with Crippen molar-refractivity contribution < 1.29 is 18.7 Å². The molecule has 6 heteroatoms. The van der Waals surface area contributed by atoms with Gasteiger partial charge in [-0.25, -0.2) is 8.78 Å². The van der Waals surface area contributed by atoms with Crippen LogP contribution in [0.1, 0.15) is 39.8 Å². The Hall–Kier alpha value is -2.21. The number of nitrogens with zero attached hydrogens (tertiary/aromatic N) is 1. The van der Waals surface area contributed by atoms with Gasteiger partial charge in [0.25, 0.3) is 5.91 Å². The van der Waals surface area contributed by atoms with Crippen LogP contribution in [0, 0.1) is 25.5 Å². The van der Waals surface area contributed by atoms with Crippen molar-refractivity contribution in [1.29, 1.82) is 0 Å². The van der Waals surface area contributed by atoms with E-state index in [1.54, 1.807) is 6.92 Å². The zero-order chi connectivity index (χ0) is 16.7. The summed E-state index contributed by atoms with van der Waals surface area (Å²) in [7, 11) is 0. The molecular formula is C17H18F2N2O2. The Bertz CT molecular complexity index is 757. The van der Waals surface area contributed by atoms with Gasteiger partial charge < -0.3 is 15.0 Å². The Morgan fingerprint density at radius 2 is 2.04 bits per heavy atom. The van der Waals surface area contributed by atoms with Gasteiger partial charge in [-0.1, -0.05) is 0 Å². The SMILES string of the molecule is Cc1cc(C)c(C(=O)N2CC(O)CC2c2cc(F)ccc2F)[nH]1. The predicted octanol–water partition coefficient (Wildman–Crippen LogP) is 2.86. The molecule has 1 aromatic carbocycles. The van der Waals surface area contributed by atoms with Gasteiger partial charge >= 0.3 is 0 Å². The lowest BCUT2D eigenvalue weighted by molar-refractivity contribution is 0.0707. The molecule has 2 aromatic rings. The topological polar surface area (TPSA) is 56.3 Å². The minimum absolute atomic E-state index is 0.0934. The zero-order valence-corrected chi connectivity index (χ0v) is 12.9. The third kappa shape index (κ3) is 2.86. The summed E-state index contributed by atoms with van der Waals surface area (Å²) < 4.78 is 27.6. The van der Waals surface area contributed by atoms with Crippen LogP contribution in [0.5, 0.6) is 0 Å². The van der Waals surface area contributed by atoms with Gasteiger partial charge in [-0.05, 0) is 50.1 Å². The highest BCUT2D eigenvalue weighted by atomic mass is 19.1. The van der Waals surface area contributed by atoms with Crippen molar-refractivity contribution in [3.63, 3.8) is 0 Å². The Morgan fingerprint density at radius 3 is 2.70 bits per heavy atom. The molecule has 1 aliphatic heterocycles. The van der Waals surface area contributed by atoms with Crippen LogP contribution in [0.25, 0.3) is 0 Å². The lowest BCUT2D eigenvalue weighted by atomic mass is 10.0. The number of aromatic amines is 1. The highest BCUT2D eigenvalue weighted by Gasteiger charge is 2.38. The molecule has 4 nitrogen and oxygen atoms in total. The monoisotopic (exact) mass is 320 g/mol. The fourth-order valence-corrected chi connectivity index (χ4v) is 3.20. The van der Waals surface area contributed by atoms with Crippen molar-refractivity contribution in [2.24, 2.45) is 0 Å². The molecule has 1 aromatic heterocycles. The molecule has 122 valence electrons. The molecule has 1 fully saturated rings. The highest BCUT2D eigenvalue weighted by Crippen LogP contribution is 2.35. The normalized spacial score (nSPS) is 21.0. The van der Waals surface area contributed by atoms with Crippen molar-refractivity contribution in [2.75, 3.05) is 6.54 Å².